The number of carbonyl (C=O) groups is 1. The predicted octanol–water partition coefficient (Wildman–Crippen LogP) is 3.74. The van der Waals surface area contributed by atoms with Crippen molar-refractivity contribution < 1.29 is 14.3 Å². The zero-order valence-electron chi connectivity index (χ0n) is 11.4. The van der Waals surface area contributed by atoms with Crippen LogP contribution in [0.2, 0.25) is 0 Å². The Labute approximate surface area is 127 Å². The molecule has 1 N–H and O–H groups in total. The van der Waals surface area contributed by atoms with Gasteiger partial charge >= 0.3 is 6.09 Å². The molecular formula is C16H14ClNO3. The molecule has 5 heteroatoms. The van der Waals surface area contributed by atoms with E-state index >= 15 is 0 Å². The highest BCUT2D eigenvalue weighted by atomic mass is 35.5. The Morgan fingerprint density at radius 1 is 1.24 bits per heavy atom. The number of anilines is 1. The molecule has 2 aromatic rings. The van der Waals surface area contributed by atoms with Gasteiger partial charge in [0.2, 0.25) is 0 Å². The van der Waals surface area contributed by atoms with Gasteiger partial charge in [-0.05, 0) is 18.2 Å². The number of methoxy groups -OCH3 is 1. The maximum absolute atomic E-state index is 11.9. The first-order chi connectivity index (χ1) is 10.2. The number of hydrogen-bond acceptors (Lipinski definition) is 3. The van der Waals surface area contributed by atoms with Crippen molar-refractivity contribution in [2.75, 3.05) is 18.3 Å². The van der Waals surface area contributed by atoms with E-state index in [0.717, 1.165) is 11.1 Å². The summed E-state index contributed by atoms with van der Waals surface area (Å²) < 4.78 is 10.8. The van der Waals surface area contributed by atoms with Crippen LogP contribution in [0.3, 0.4) is 0 Å². The topological polar surface area (TPSA) is 47.6 Å². The number of halogens is 1. The number of hydrogen-bond donors (Lipinski definition) is 1. The van der Waals surface area contributed by atoms with E-state index in [1.165, 1.54) is 0 Å². The summed E-state index contributed by atoms with van der Waals surface area (Å²) in [5, 5.41) is 2.70. The average molecular weight is 304 g/mol. The van der Waals surface area contributed by atoms with Crippen molar-refractivity contribution in [3.05, 3.63) is 59.7 Å². The lowest BCUT2D eigenvalue weighted by atomic mass is 9.85. The van der Waals surface area contributed by atoms with Gasteiger partial charge in [0.05, 0.1) is 18.7 Å². The molecule has 1 aliphatic rings. The van der Waals surface area contributed by atoms with Crippen LogP contribution in [0, 0.1) is 0 Å². The maximum Gasteiger partial charge on any atom is 0.412 e. The molecule has 1 amide bonds. The van der Waals surface area contributed by atoms with Crippen molar-refractivity contribution in [2.45, 2.75) is 5.60 Å². The molecule has 0 saturated heterocycles. The van der Waals surface area contributed by atoms with Crippen LogP contribution in [0.25, 0.3) is 0 Å². The Morgan fingerprint density at radius 3 is 2.81 bits per heavy atom. The number of alkyl halides is 1. The summed E-state index contributed by atoms with van der Waals surface area (Å²) >= 11 is 6.21. The number of carbonyl (C=O) groups excluding carboxylic acids is 1. The van der Waals surface area contributed by atoms with E-state index in [2.05, 4.69) is 5.32 Å². The Bertz CT molecular complexity index is 689. The predicted molar refractivity (Wildman–Crippen MR) is 81.0 cm³/mol. The normalized spacial score (nSPS) is 20.2. The molecule has 0 spiro atoms. The van der Waals surface area contributed by atoms with Gasteiger partial charge in [0.25, 0.3) is 0 Å². The zero-order valence-corrected chi connectivity index (χ0v) is 12.2. The molecule has 1 aliphatic heterocycles. The van der Waals surface area contributed by atoms with Gasteiger partial charge in [0.1, 0.15) is 5.75 Å². The molecule has 0 fully saturated rings. The highest BCUT2D eigenvalue weighted by Gasteiger charge is 2.43. The van der Waals surface area contributed by atoms with Crippen molar-refractivity contribution >= 4 is 23.4 Å². The summed E-state index contributed by atoms with van der Waals surface area (Å²) in [6.07, 6.45) is -0.517. The maximum atomic E-state index is 11.9. The second kappa shape index (κ2) is 5.30. The van der Waals surface area contributed by atoms with Gasteiger partial charge in [-0.1, -0.05) is 30.3 Å². The number of ether oxygens (including phenoxy) is 2. The summed E-state index contributed by atoms with van der Waals surface area (Å²) in [6.45, 7) is 0. The fraction of sp³-hybridized carbons (Fsp3) is 0.188. The Hall–Kier alpha value is -2.20. The Balaban J connectivity index is 2.22. The van der Waals surface area contributed by atoms with Crippen molar-refractivity contribution in [1.82, 2.24) is 0 Å². The van der Waals surface area contributed by atoms with Crippen molar-refractivity contribution in [1.29, 1.82) is 0 Å². The van der Waals surface area contributed by atoms with Gasteiger partial charge in [-0.15, -0.1) is 11.6 Å². The third-order valence-electron chi connectivity index (χ3n) is 3.59. The summed E-state index contributed by atoms with van der Waals surface area (Å²) in [6, 6.07) is 14.9. The molecule has 21 heavy (non-hydrogen) atoms. The minimum Gasteiger partial charge on any atom is -0.497 e. The van der Waals surface area contributed by atoms with Gasteiger partial charge in [-0.3, -0.25) is 5.32 Å². The minimum absolute atomic E-state index is 0.116. The summed E-state index contributed by atoms with van der Waals surface area (Å²) in [7, 11) is 1.59. The van der Waals surface area contributed by atoms with E-state index in [9.17, 15) is 4.79 Å². The van der Waals surface area contributed by atoms with Crippen molar-refractivity contribution in [3.63, 3.8) is 0 Å². The monoisotopic (exact) mass is 303 g/mol. The smallest absolute Gasteiger partial charge is 0.412 e. The molecule has 2 aromatic carbocycles. The number of rotatable bonds is 3. The third-order valence-corrected chi connectivity index (χ3v) is 3.97. The average Bonchev–Trinajstić information content (AvgIpc) is 2.54. The van der Waals surface area contributed by atoms with E-state index in [0.29, 0.717) is 11.4 Å². The molecule has 1 atom stereocenters. The van der Waals surface area contributed by atoms with E-state index in [1.807, 2.05) is 48.5 Å². The quantitative estimate of drug-likeness (QED) is 0.879. The summed E-state index contributed by atoms with van der Waals surface area (Å²) in [4.78, 5) is 11.9. The highest BCUT2D eigenvalue weighted by molar-refractivity contribution is 6.19. The molecule has 1 heterocycles. The molecule has 0 unspecified atom stereocenters. The Morgan fingerprint density at radius 2 is 2.05 bits per heavy atom. The van der Waals surface area contributed by atoms with Crippen LogP contribution >= 0.6 is 11.6 Å². The van der Waals surface area contributed by atoms with Crippen molar-refractivity contribution in [3.8, 4) is 5.75 Å². The van der Waals surface area contributed by atoms with Crippen LogP contribution in [0.4, 0.5) is 10.5 Å². The lowest BCUT2D eigenvalue weighted by Gasteiger charge is -2.37. The largest absolute Gasteiger partial charge is 0.497 e. The van der Waals surface area contributed by atoms with Gasteiger partial charge in [0.15, 0.2) is 5.60 Å². The molecule has 3 rings (SSSR count). The lowest BCUT2D eigenvalue weighted by Crippen LogP contribution is -2.42. The van der Waals surface area contributed by atoms with Crippen LogP contribution in [0.15, 0.2) is 48.5 Å². The second-order valence-electron chi connectivity index (χ2n) is 4.75. The first-order valence-corrected chi connectivity index (χ1v) is 7.03. The standard InChI is InChI=1S/C16H14ClNO3/c1-20-12-6-4-5-11(9-12)16(10-17)13-7-2-3-8-14(13)18-15(19)21-16/h2-9H,10H2,1H3,(H,18,19)/t16-/m0/s1. The van der Waals surface area contributed by atoms with E-state index in [4.69, 9.17) is 21.1 Å². The number of para-hydroxylation sites is 1. The molecule has 0 saturated carbocycles. The third kappa shape index (κ3) is 2.21. The SMILES string of the molecule is COc1cccc([C@]2(CCl)OC(=O)Nc3ccccc32)c1. The first-order valence-electron chi connectivity index (χ1n) is 6.49. The molecule has 0 radical (unpaired) electrons. The van der Waals surface area contributed by atoms with E-state index < -0.39 is 11.7 Å². The number of cyclic esters (lactones) is 1. The molecule has 0 bridgehead atoms. The number of fused-ring (bicyclic) bond motifs is 1. The van der Waals surface area contributed by atoms with Crippen LogP contribution < -0.4 is 10.1 Å². The minimum atomic E-state index is -1.02. The van der Waals surface area contributed by atoms with Crippen LogP contribution in [-0.4, -0.2) is 19.1 Å². The van der Waals surface area contributed by atoms with E-state index in [-0.39, 0.29) is 5.88 Å². The van der Waals surface area contributed by atoms with Gasteiger partial charge in [0, 0.05) is 11.1 Å². The fourth-order valence-electron chi connectivity index (χ4n) is 2.56. The Kier molecular flexibility index (Phi) is 3.47. The molecule has 4 nitrogen and oxygen atoms in total. The highest BCUT2D eigenvalue weighted by Crippen LogP contribution is 2.42. The fourth-order valence-corrected chi connectivity index (χ4v) is 2.91. The molecule has 0 aromatic heterocycles. The second-order valence-corrected chi connectivity index (χ2v) is 5.02. The number of benzene rings is 2. The number of amides is 1. The molecule has 0 aliphatic carbocycles. The first kappa shape index (κ1) is 13.8. The summed E-state index contributed by atoms with van der Waals surface area (Å²) in [5.74, 6) is 0.800. The van der Waals surface area contributed by atoms with Crippen LogP contribution in [-0.2, 0) is 10.3 Å². The molecular weight excluding hydrogens is 290 g/mol. The van der Waals surface area contributed by atoms with Gasteiger partial charge < -0.3 is 9.47 Å². The summed E-state index contributed by atoms with van der Waals surface area (Å²) in [5.41, 5.74) is 1.29. The number of nitrogens with one attached hydrogen (secondary N) is 1. The van der Waals surface area contributed by atoms with Crippen molar-refractivity contribution in [2.24, 2.45) is 0 Å². The van der Waals surface area contributed by atoms with E-state index in [1.54, 1.807) is 7.11 Å². The van der Waals surface area contributed by atoms with Crippen LogP contribution in [0.1, 0.15) is 11.1 Å². The lowest BCUT2D eigenvalue weighted by molar-refractivity contribution is 0.0609. The van der Waals surface area contributed by atoms with Gasteiger partial charge in [-0.2, -0.15) is 0 Å². The zero-order chi connectivity index (χ0) is 14.9. The molecule has 108 valence electrons. The van der Waals surface area contributed by atoms with Crippen LogP contribution in [0.5, 0.6) is 5.75 Å². The van der Waals surface area contributed by atoms with Gasteiger partial charge in [-0.25, -0.2) is 4.79 Å².